The molecule has 0 unspecified atom stereocenters. The average molecular weight is 209 g/mol. The van der Waals surface area contributed by atoms with Crippen LogP contribution in [0.15, 0.2) is 35.1 Å². The van der Waals surface area contributed by atoms with Crippen molar-refractivity contribution in [1.82, 2.24) is 9.97 Å². The van der Waals surface area contributed by atoms with Gasteiger partial charge in [-0.3, -0.25) is 4.98 Å². The second-order valence-electron chi connectivity index (χ2n) is 2.18. The number of fused-ring (bicyclic) bond motifs is 1. The van der Waals surface area contributed by atoms with Gasteiger partial charge in [-0.05, 0) is 40.2 Å². The maximum absolute atomic E-state index is 4.23. The Morgan fingerprint density at radius 3 is 2.91 bits per heavy atom. The monoisotopic (exact) mass is 208 g/mol. The van der Waals surface area contributed by atoms with E-state index >= 15 is 0 Å². The zero-order valence-corrected chi connectivity index (χ0v) is 7.25. The molecular weight excluding hydrogens is 204 g/mol. The summed E-state index contributed by atoms with van der Waals surface area (Å²) in [5.74, 6) is 0. The van der Waals surface area contributed by atoms with Crippen molar-refractivity contribution in [2.24, 2.45) is 0 Å². The molecule has 0 radical (unpaired) electrons. The van der Waals surface area contributed by atoms with Crippen LogP contribution >= 0.6 is 15.9 Å². The summed E-state index contributed by atoms with van der Waals surface area (Å²) in [5, 5.41) is 0. The van der Waals surface area contributed by atoms with Gasteiger partial charge < -0.3 is 0 Å². The predicted molar refractivity (Wildman–Crippen MR) is 47.2 cm³/mol. The second-order valence-corrected chi connectivity index (χ2v) is 2.99. The van der Waals surface area contributed by atoms with Gasteiger partial charge in [-0.1, -0.05) is 0 Å². The van der Waals surface area contributed by atoms with Gasteiger partial charge in [0.05, 0.1) is 11.0 Å². The highest BCUT2D eigenvalue weighted by atomic mass is 79.9. The molecule has 0 fully saturated rings. The second kappa shape index (κ2) is 2.58. The van der Waals surface area contributed by atoms with E-state index in [0.29, 0.717) is 0 Å². The summed E-state index contributed by atoms with van der Waals surface area (Å²) in [6, 6.07) is 7.64. The third kappa shape index (κ3) is 1.24. The molecule has 0 saturated carbocycles. The third-order valence-electron chi connectivity index (χ3n) is 1.42. The van der Waals surface area contributed by atoms with Gasteiger partial charge in [0.15, 0.2) is 0 Å². The Kier molecular flexibility index (Phi) is 1.58. The number of nitrogens with zero attached hydrogens (tertiary/aromatic N) is 2. The molecule has 0 amide bonds. The molecular formula is C8H5BrN2. The first kappa shape index (κ1) is 6.73. The van der Waals surface area contributed by atoms with Crippen molar-refractivity contribution in [3.8, 4) is 0 Å². The minimum atomic E-state index is 0.845. The summed E-state index contributed by atoms with van der Waals surface area (Å²) < 4.78 is 0.845. The lowest BCUT2D eigenvalue weighted by molar-refractivity contribution is 1.30. The van der Waals surface area contributed by atoms with Crippen LogP contribution in [-0.2, 0) is 0 Å². The average Bonchev–Trinajstić information content (AvgIpc) is 2.04. The van der Waals surface area contributed by atoms with Crippen LogP contribution in [0.25, 0.3) is 11.0 Å². The Balaban J connectivity index is 2.83. The van der Waals surface area contributed by atoms with Crippen LogP contribution in [0.2, 0.25) is 0 Å². The van der Waals surface area contributed by atoms with Gasteiger partial charge in [-0.15, -0.1) is 0 Å². The third-order valence-corrected chi connectivity index (χ3v) is 1.86. The van der Waals surface area contributed by atoms with Crippen LogP contribution in [0.5, 0.6) is 0 Å². The number of rotatable bonds is 0. The van der Waals surface area contributed by atoms with E-state index in [1.54, 1.807) is 6.20 Å². The molecule has 2 aromatic rings. The van der Waals surface area contributed by atoms with Crippen LogP contribution in [0.3, 0.4) is 0 Å². The summed E-state index contributed by atoms with van der Waals surface area (Å²) in [4.78, 5) is 8.37. The first-order valence-corrected chi connectivity index (χ1v) is 4.03. The summed E-state index contributed by atoms with van der Waals surface area (Å²) in [6.45, 7) is 0. The van der Waals surface area contributed by atoms with Crippen LogP contribution in [0, 0.1) is 0 Å². The minimum Gasteiger partial charge on any atom is -0.255 e. The van der Waals surface area contributed by atoms with Crippen molar-refractivity contribution >= 4 is 27.0 Å². The van der Waals surface area contributed by atoms with Crippen molar-refractivity contribution in [1.29, 1.82) is 0 Å². The molecule has 2 rings (SSSR count). The number of halogens is 1. The quantitative estimate of drug-likeness (QED) is 0.622. The summed E-state index contributed by atoms with van der Waals surface area (Å²) >= 11 is 3.29. The lowest BCUT2D eigenvalue weighted by Crippen LogP contribution is -1.81. The van der Waals surface area contributed by atoms with E-state index in [2.05, 4.69) is 25.9 Å². The number of aromatic nitrogens is 2. The Labute approximate surface area is 72.4 Å². The zero-order valence-electron chi connectivity index (χ0n) is 5.66. The van der Waals surface area contributed by atoms with Gasteiger partial charge in [-0.2, -0.15) is 0 Å². The molecule has 0 saturated heterocycles. The minimum absolute atomic E-state index is 0.845. The highest BCUT2D eigenvalue weighted by molar-refractivity contribution is 9.10. The fourth-order valence-electron chi connectivity index (χ4n) is 0.932. The van der Waals surface area contributed by atoms with E-state index in [1.807, 2.05) is 24.3 Å². The lowest BCUT2D eigenvalue weighted by Gasteiger charge is -1.94. The van der Waals surface area contributed by atoms with Crippen molar-refractivity contribution < 1.29 is 0 Å². The molecule has 2 aromatic heterocycles. The molecule has 0 aliphatic rings. The van der Waals surface area contributed by atoms with E-state index in [0.717, 1.165) is 15.6 Å². The van der Waals surface area contributed by atoms with Gasteiger partial charge in [0.1, 0.15) is 4.60 Å². The van der Waals surface area contributed by atoms with Gasteiger partial charge in [0.2, 0.25) is 0 Å². The molecule has 54 valence electrons. The number of pyridine rings is 2. The fraction of sp³-hybridized carbons (Fsp3) is 0. The van der Waals surface area contributed by atoms with Crippen LogP contribution in [-0.4, -0.2) is 9.97 Å². The predicted octanol–water partition coefficient (Wildman–Crippen LogP) is 2.39. The maximum atomic E-state index is 4.23. The normalized spacial score (nSPS) is 10.3. The molecule has 0 N–H and O–H groups in total. The summed E-state index contributed by atoms with van der Waals surface area (Å²) in [6.07, 6.45) is 1.76. The smallest absolute Gasteiger partial charge is 0.106 e. The molecule has 0 spiro atoms. The molecule has 0 bridgehead atoms. The van der Waals surface area contributed by atoms with E-state index in [9.17, 15) is 0 Å². The Bertz CT molecular complexity index is 387. The first-order chi connectivity index (χ1) is 5.36. The first-order valence-electron chi connectivity index (χ1n) is 3.23. The SMILES string of the molecule is Brc1ccc2ncccc2n1. The van der Waals surface area contributed by atoms with Gasteiger partial charge in [-0.25, -0.2) is 4.98 Å². The topological polar surface area (TPSA) is 25.8 Å². The highest BCUT2D eigenvalue weighted by Crippen LogP contribution is 2.12. The van der Waals surface area contributed by atoms with E-state index in [1.165, 1.54) is 0 Å². The van der Waals surface area contributed by atoms with Crippen LogP contribution < -0.4 is 0 Å². The number of hydrogen-bond donors (Lipinski definition) is 0. The highest BCUT2D eigenvalue weighted by Gasteiger charge is 1.93. The molecule has 0 aromatic carbocycles. The molecule has 0 aliphatic heterocycles. The van der Waals surface area contributed by atoms with Crippen molar-refractivity contribution in [3.05, 3.63) is 35.1 Å². The molecule has 3 heteroatoms. The Morgan fingerprint density at radius 1 is 1.09 bits per heavy atom. The van der Waals surface area contributed by atoms with E-state index < -0.39 is 0 Å². The van der Waals surface area contributed by atoms with Crippen LogP contribution in [0.4, 0.5) is 0 Å². The molecule has 0 aliphatic carbocycles. The van der Waals surface area contributed by atoms with Crippen molar-refractivity contribution in [2.75, 3.05) is 0 Å². The lowest BCUT2D eigenvalue weighted by atomic mass is 10.3. The van der Waals surface area contributed by atoms with Gasteiger partial charge in [0, 0.05) is 6.20 Å². The van der Waals surface area contributed by atoms with Gasteiger partial charge in [0.25, 0.3) is 0 Å². The summed E-state index contributed by atoms with van der Waals surface area (Å²) in [7, 11) is 0. The van der Waals surface area contributed by atoms with Crippen molar-refractivity contribution in [3.63, 3.8) is 0 Å². The van der Waals surface area contributed by atoms with Crippen molar-refractivity contribution in [2.45, 2.75) is 0 Å². The Morgan fingerprint density at radius 2 is 2.00 bits per heavy atom. The number of hydrogen-bond acceptors (Lipinski definition) is 2. The molecule has 2 nitrogen and oxygen atoms in total. The standard InChI is InChI=1S/C8H5BrN2/c9-8-4-3-6-7(11-8)2-1-5-10-6/h1-5H. The zero-order chi connectivity index (χ0) is 7.68. The molecule has 11 heavy (non-hydrogen) atoms. The maximum Gasteiger partial charge on any atom is 0.106 e. The largest absolute Gasteiger partial charge is 0.255 e. The van der Waals surface area contributed by atoms with E-state index in [-0.39, 0.29) is 0 Å². The molecule has 0 atom stereocenters. The fourth-order valence-corrected chi connectivity index (χ4v) is 1.26. The van der Waals surface area contributed by atoms with Gasteiger partial charge >= 0.3 is 0 Å². The molecule has 2 heterocycles. The van der Waals surface area contributed by atoms with E-state index in [4.69, 9.17) is 0 Å². The summed E-state index contributed by atoms with van der Waals surface area (Å²) in [5.41, 5.74) is 1.84. The van der Waals surface area contributed by atoms with Crippen LogP contribution in [0.1, 0.15) is 0 Å². The Hall–Kier alpha value is -0.960.